The first kappa shape index (κ1) is 27.1. The minimum atomic E-state index is -3.17. The molecule has 2 aliphatic carbocycles. The van der Waals surface area contributed by atoms with Crippen LogP contribution in [0.5, 0.6) is 0 Å². The van der Waals surface area contributed by atoms with Crippen LogP contribution in [0.15, 0.2) is 66.9 Å². The van der Waals surface area contributed by atoms with Crippen molar-refractivity contribution < 1.29 is 17.9 Å². The monoisotopic (exact) mass is 560 g/mol. The van der Waals surface area contributed by atoms with Gasteiger partial charge in [-0.25, -0.2) is 18.1 Å². The van der Waals surface area contributed by atoms with Gasteiger partial charge in [0.25, 0.3) is 0 Å². The van der Waals surface area contributed by atoms with E-state index in [1.807, 2.05) is 42.6 Å². The molecule has 2 heterocycles. The Morgan fingerprint density at radius 2 is 1.60 bits per heavy atom. The van der Waals surface area contributed by atoms with Gasteiger partial charge in [0.2, 0.25) is 15.9 Å². The molecule has 0 atom stereocenters. The Bertz CT molecular complexity index is 1460. The molecular formula is C31H36N4O4S. The number of rotatable bonds is 9. The first-order valence-electron chi connectivity index (χ1n) is 14.1. The zero-order chi connectivity index (χ0) is 27.7. The van der Waals surface area contributed by atoms with Gasteiger partial charge >= 0.3 is 0 Å². The second-order valence-corrected chi connectivity index (χ2v) is 13.5. The van der Waals surface area contributed by atoms with Crippen molar-refractivity contribution in [2.24, 2.45) is 11.7 Å². The van der Waals surface area contributed by atoms with Gasteiger partial charge in [-0.2, -0.15) is 0 Å². The lowest BCUT2D eigenvalue weighted by molar-refractivity contribution is -0.117. The number of nitrogens with zero attached hydrogens (tertiary/aromatic N) is 1. The molecule has 0 bridgehead atoms. The minimum Gasteiger partial charge on any atom is -0.377 e. The maximum absolute atomic E-state index is 13.0. The van der Waals surface area contributed by atoms with E-state index in [9.17, 15) is 13.2 Å². The van der Waals surface area contributed by atoms with Crippen LogP contribution >= 0.6 is 0 Å². The van der Waals surface area contributed by atoms with Crippen LogP contribution in [0.1, 0.15) is 50.5 Å². The number of benzene rings is 2. The molecule has 1 aliphatic heterocycles. The van der Waals surface area contributed by atoms with Crippen molar-refractivity contribution in [3.63, 3.8) is 0 Å². The van der Waals surface area contributed by atoms with E-state index in [0.717, 1.165) is 66.3 Å². The summed E-state index contributed by atoms with van der Waals surface area (Å²) < 4.78 is 32.7. The molecular weight excluding hydrogens is 524 g/mol. The summed E-state index contributed by atoms with van der Waals surface area (Å²) in [6, 6.07) is 20.2. The Morgan fingerprint density at radius 1 is 0.925 bits per heavy atom. The molecule has 1 amide bonds. The SMILES string of the molecule is NC1(c2ccc(-c3cnc(NC(=O)CC4CCC(NS(=O)(=O)C5CC5)CC4)cc3-c3ccccc3)cc2)COC1. The summed E-state index contributed by atoms with van der Waals surface area (Å²) in [5.41, 5.74) is 11.0. The fraction of sp³-hybridized carbons (Fsp3) is 0.419. The van der Waals surface area contributed by atoms with Crippen LogP contribution in [0.3, 0.4) is 0 Å². The van der Waals surface area contributed by atoms with E-state index in [4.69, 9.17) is 10.5 Å². The standard InChI is InChI=1S/C31H36N4O4S/c32-31(19-39-20-31)24-10-8-23(9-11-24)28-18-33-29(17-27(28)22-4-2-1-3-5-22)34-30(36)16-21-6-12-25(13-7-21)35-40(37,38)26-14-15-26/h1-5,8-11,17-18,21,25-26,35H,6-7,12-16,19-20,32H2,(H,33,34,36). The van der Waals surface area contributed by atoms with Crippen LogP contribution in [0.25, 0.3) is 22.3 Å². The van der Waals surface area contributed by atoms with Crippen molar-refractivity contribution in [2.75, 3.05) is 18.5 Å². The van der Waals surface area contributed by atoms with E-state index in [1.54, 1.807) is 0 Å². The number of ether oxygens (including phenoxy) is 1. The second-order valence-electron chi connectivity index (χ2n) is 11.5. The van der Waals surface area contributed by atoms with Gasteiger partial charge in [0.05, 0.1) is 24.0 Å². The highest BCUT2D eigenvalue weighted by atomic mass is 32.2. The van der Waals surface area contributed by atoms with E-state index in [-0.39, 0.29) is 23.1 Å². The van der Waals surface area contributed by atoms with Gasteiger partial charge in [-0.1, -0.05) is 54.6 Å². The minimum absolute atomic E-state index is 0.0148. The van der Waals surface area contributed by atoms with Crippen molar-refractivity contribution in [2.45, 2.75) is 61.8 Å². The largest absolute Gasteiger partial charge is 0.377 e. The molecule has 40 heavy (non-hydrogen) atoms. The van der Waals surface area contributed by atoms with Gasteiger partial charge in [0, 0.05) is 24.2 Å². The van der Waals surface area contributed by atoms with Crippen molar-refractivity contribution in [3.8, 4) is 22.3 Å². The molecule has 0 unspecified atom stereocenters. The zero-order valence-corrected chi connectivity index (χ0v) is 23.3. The second kappa shape index (κ2) is 11.0. The highest BCUT2D eigenvalue weighted by Gasteiger charge is 2.38. The van der Waals surface area contributed by atoms with E-state index >= 15 is 0 Å². The lowest BCUT2D eigenvalue weighted by Crippen LogP contribution is -2.54. The third-order valence-corrected chi connectivity index (χ3v) is 10.4. The number of hydrogen-bond donors (Lipinski definition) is 3. The number of aromatic nitrogens is 1. The molecule has 0 spiro atoms. The number of anilines is 1. The molecule has 3 aromatic rings. The van der Waals surface area contributed by atoms with Crippen LogP contribution < -0.4 is 15.8 Å². The van der Waals surface area contributed by atoms with Crippen LogP contribution in [0.4, 0.5) is 5.82 Å². The quantitative estimate of drug-likeness (QED) is 0.352. The number of hydrogen-bond acceptors (Lipinski definition) is 6. The maximum Gasteiger partial charge on any atom is 0.225 e. The van der Waals surface area contributed by atoms with Gasteiger partial charge in [0.15, 0.2) is 0 Å². The predicted molar refractivity (Wildman–Crippen MR) is 156 cm³/mol. The molecule has 6 rings (SSSR count). The molecule has 1 saturated heterocycles. The van der Waals surface area contributed by atoms with Gasteiger partial charge in [-0.15, -0.1) is 0 Å². The van der Waals surface area contributed by atoms with Crippen LogP contribution in [0, 0.1) is 5.92 Å². The van der Waals surface area contributed by atoms with Gasteiger partial charge in [0.1, 0.15) is 5.82 Å². The summed E-state index contributed by atoms with van der Waals surface area (Å²) in [6.45, 7) is 1.05. The highest BCUT2D eigenvalue weighted by molar-refractivity contribution is 7.90. The summed E-state index contributed by atoms with van der Waals surface area (Å²) in [7, 11) is -3.17. The van der Waals surface area contributed by atoms with Gasteiger partial charge in [-0.05, 0) is 72.8 Å². The third kappa shape index (κ3) is 5.98. The Kier molecular flexibility index (Phi) is 7.48. The topological polar surface area (TPSA) is 123 Å². The summed E-state index contributed by atoms with van der Waals surface area (Å²) in [6.07, 6.45) is 6.95. The van der Waals surface area contributed by atoms with E-state index in [2.05, 4.69) is 39.3 Å². The Hall–Kier alpha value is -3.11. The lowest BCUT2D eigenvalue weighted by Gasteiger charge is -2.38. The number of carbonyl (C=O) groups excluding carboxylic acids is 1. The third-order valence-electron chi connectivity index (χ3n) is 8.36. The van der Waals surface area contributed by atoms with Crippen molar-refractivity contribution in [3.05, 3.63) is 72.4 Å². The molecule has 2 saturated carbocycles. The molecule has 2 aromatic carbocycles. The summed E-state index contributed by atoms with van der Waals surface area (Å²) in [5, 5.41) is 2.80. The fourth-order valence-electron chi connectivity index (χ4n) is 5.73. The molecule has 3 aliphatic rings. The highest BCUT2D eigenvalue weighted by Crippen LogP contribution is 2.36. The van der Waals surface area contributed by atoms with Crippen LogP contribution in [0.2, 0.25) is 0 Å². The van der Waals surface area contributed by atoms with Crippen LogP contribution in [-0.4, -0.2) is 43.8 Å². The average molecular weight is 561 g/mol. The number of nitrogens with two attached hydrogens (primary N) is 1. The van der Waals surface area contributed by atoms with Gasteiger partial charge < -0.3 is 15.8 Å². The molecule has 3 fully saturated rings. The van der Waals surface area contributed by atoms with Crippen molar-refractivity contribution in [1.82, 2.24) is 9.71 Å². The molecule has 4 N–H and O–H groups in total. The number of nitrogens with one attached hydrogen (secondary N) is 2. The molecule has 210 valence electrons. The Morgan fingerprint density at radius 3 is 2.23 bits per heavy atom. The molecule has 8 nitrogen and oxygen atoms in total. The number of amides is 1. The Labute approximate surface area is 235 Å². The van der Waals surface area contributed by atoms with E-state index in [1.165, 1.54) is 0 Å². The molecule has 1 aromatic heterocycles. The predicted octanol–water partition coefficient (Wildman–Crippen LogP) is 4.57. The summed E-state index contributed by atoms with van der Waals surface area (Å²) in [4.78, 5) is 17.6. The van der Waals surface area contributed by atoms with Crippen molar-refractivity contribution in [1.29, 1.82) is 0 Å². The maximum atomic E-state index is 13.0. The van der Waals surface area contributed by atoms with Gasteiger partial charge in [-0.3, -0.25) is 4.79 Å². The van der Waals surface area contributed by atoms with E-state index in [0.29, 0.717) is 25.5 Å². The number of pyridine rings is 1. The van der Waals surface area contributed by atoms with Crippen molar-refractivity contribution >= 4 is 21.7 Å². The van der Waals surface area contributed by atoms with E-state index < -0.39 is 15.6 Å². The zero-order valence-electron chi connectivity index (χ0n) is 22.5. The lowest BCUT2D eigenvalue weighted by atomic mass is 9.84. The molecule has 9 heteroatoms. The average Bonchev–Trinajstić information content (AvgIpc) is 3.80. The number of sulfonamides is 1. The fourth-order valence-corrected chi connectivity index (χ4v) is 7.38. The molecule has 0 radical (unpaired) electrons. The normalized spacial score (nSPS) is 22.3. The summed E-state index contributed by atoms with van der Waals surface area (Å²) >= 11 is 0. The first-order chi connectivity index (χ1) is 19.3. The smallest absolute Gasteiger partial charge is 0.225 e. The Balaban J connectivity index is 1.12. The number of carbonyl (C=O) groups is 1. The first-order valence-corrected chi connectivity index (χ1v) is 15.7. The summed E-state index contributed by atoms with van der Waals surface area (Å²) in [5.74, 6) is 0.684. The van der Waals surface area contributed by atoms with Crippen LogP contribution in [-0.2, 0) is 25.1 Å².